The molecule has 1 N–H and O–H groups in total. The van der Waals surface area contributed by atoms with Gasteiger partial charge in [-0.05, 0) is 69.9 Å². The van der Waals surface area contributed by atoms with E-state index in [1.807, 2.05) is 23.8 Å². The number of rotatable bonds is 5. The SMILES string of the molecule is CC(Cc1ccsc1)NS(=O)(=O)c1ccc(Cl)c(Br)c1. The van der Waals surface area contributed by atoms with Crippen molar-refractivity contribution in [3.05, 3.63) is 50.1 Å². The minimum atomic E-state index is -3.54. The molecular formula is C13H13BrClNO2S2. The molecule has 3 nitrogen and oxygen atoms in total. The number of halogens is 2. The maximum Gasteiger partial charge on any atom is 0.240 e. The van der Waals surface area contributed by atoms with Crippen LogP contribution in [0.2, 0.25) is 5.02 Å². The van der Waals surface area contributed by atoms with Gasteiger partial charge in [-0.25, -0.2) is 13.1 Å². The molecule has 2 rings (SSSR count). The molecule has 0 aliphatic carbocycles. The van der Waals surface area contributed by atoms with E-state index < -0.39 is 10.0 Å². The van der Waals surface area contributed by atoms with Crippen molar-refractivity contribution in [1.29, 1.82) is 0 Å². The van der Waals surface area contributed by atoms with Crippen LogP contribution in [0.3, 0.4) is 0 Å². The molecule has 0 saturated heterocycles. The quantitative estimate of drug-likeness (QED) is 0.831. The normalized spacial score (nSPS) is 13.3. The molecule has 1 heterocycles. The van der Waals surface area contributed by atoms with Crippen molar-refractivity contribution in [3.63, 3.8) is 0 Å². The molecule has 0 spiro atoms. The highest BCUT2D eigenvalue weighted by Gasteiger charge is 2.18. The van der Waals surface area contributed by atoms with E-state index in [4.69, 9.17) is 11.6 Å². The smallest absolute Gasteiger partial charge is 0.208 e. The fourth-order valence-corrected chi connectivity index (χ4v) is 4.38. The van der Waals surface area contributed by atoms with Gasteiger partial charge in [0.2, 0.25) is 10.0 Å². The van der Waals surface area contributed by atoms with Crippen LogP contribution in [0.5, 0.6) is 0 Å². The molecule has 1 unspecified atom stereocenters. The topological polar surface area (TPSA) is 46.2 Å². The van der Waals surface area contributed by atoms with E-state index in [2.05, 4.69) is 20.7 Å². The second-order valence-corrected chi connectivity index (χ2v) is 8.19. The average Bonchev–Trinajstić information content (AvgIpc) is 2.84. The van der Waals surface area contributed by atoms with Crippen LogP contribution >= 0.6 is 38.9 Å². The van der Waals surface area contributed by atoms with Crippen molar-refractivity contribution >= 4 is 48.9 Å². The van der Waals surface area contributed by atoms with Gasteiger partial charge in [0.1, 0.15) is 0 Å². The third-order valence-corrected chi connectivity index (χ3v) is 6.21. The van der Waals surface area contributed by atoms with Crippen LogP contribution in [-0.4, -0.2) is 14.5 Å². The summed E-state index contributed by atoms with van der Waals surface area (Å²) in [7, 11) is -3.54. The highest BCUT2D eigenvalue weighted by molar-refractivity contribution is 9.10. The molecule has 0 radical (unpaired) electrons. The molecule has 0 aliphatic heterocycles. The lowest BCUT2D eigenvalue weighted by Crippen LogP contribution is -2.34. The summed E-state index contributed by atoms with van der Waals surface area (Å²) < 4.78 is 27.8. The summed E-state index contributed by atoms with van der Waals surface area (Å²) in [6.07, 6.45) is 0.664. The summed E-state index contributed by atoms with van der Waals surface area (Å²) >= 11 is 10.7. The van der Waals surface area contributed by atoms with Crippen LogP contribution in [0.1, 0.15) is 12.5 Å². The first-order chi connectivity index (χ1) is 9.38. The summed E-state index contributed by atoms with van der Waals surface area (Å²) in [5.41, 5.74) is 1.13. The Kier molecular flexibility index (Phi) is 5.25. The standard InChI is InChI=1S/C13H13BrClNO2S2/c1-9(6-10-4-5-19-8-10)16-20(17,18)11-2-3-13(15)12(14)7-11/h2-5,7-9,16H,6H2,1H3. The van der Waals surface area contributed by atoms with Gasteiger partial charge in [0.05, 0.1) is 9.92 Å². The fraction of sp³-hybridized carbons (Fsp3) is 0.231. The Labute approximate surface area is 136 Å². The van der Waals surface area contributed by atoms with Gasteiger partial charge < -0.3 is 0 Å². The molecule has 0 amide bonds. The van der Waals surface area contributed by atoms with Crippen LogP contribution in [-0.2, 0) is 16.4 Å². The number of hydrogen-bond acceptors (Lipinski definition) is 3. The lowest BCUT2D eigenvalue weighted by atomic mass is 10.1. The van der Waals surface area contributed by atoms with Crippen molar-refractivity contribution < 1.29 is 8.42 Å². The number of sulfonamides is 1. The molecule has 0 saturated carbocycles. The Morgan fingerprint density at radius 1 is 1.40 bits per heavy atom. The second-order valence-electron chi connectivity index (χ2n) is 4.43. The van der Waals surface area contributed by atoms with Crippen LogP contribution in [0.4, 0.5) is 0 Å². The maximum atomic E-state index is 12.3. The van der Waals surface area contributed by atoms with Gasteiger partial charge in [0, 0.05) is 10.5 Å². The first-order valence-corrected chi connectivity index (χ1v) is 9.46. The summed E-state index contributed by atoms with van der Waals surface area (Å²) in [5.74, 6) is 0. The molecule has 0 aliphatic rings. The molecular weight excluding hydrogens is 382 g/mol. The third-order valence-electron chi connectivity index (χ3n) is 2.68. The van der Waals surface area contributed by atoms with Crippen molar-refractivity contribution in [1.82, 2.24) is 4.72 Å². The van der Waals surface area contributed by atoms with Gasteiger partial charge >= 0.3 is 0 Å². The number of benzene rings is 1. The van der Waals surface area contributed by atoms with Gasteiger partial charge in [-0.15, -0.1) is 0 Å². The van der Waals surface area contributed by atoms with Crippen molar-refractivity contribution in [2.45, 2.75) is 24.3 Å². The molecule has 20 heavy (non-hydrogen) atoms. The molecule has 2 aromatic rings. The highest BCUT2D eigenvalue weighted by atomic mass is 79.9. The molecule has 0 fully saturated rings. The largest absolute Gasteiger partial charge is 0.240 e. The monoisotopic (exact) mass is 393 g/mol. The minimum Gasteiger partial charge on any atom is -0.208 e. The molecule has 108 valence electrons. The summed E-state index contributed by atoms with van der Waals surface area (Å²) in [4.78, 5) is 0.200. The van der Waals surface area contributed by atoms with E-state index in [1.54, 1.807) is 17.4 Å². The van der Waals surface area contributed by atoms with E-state index >= 15 is 0 Å². The van der Waals surface area contributed by atoms with Crippen LogP contribution in [0.25, 0.3) is 0 Å². The van der Waals surface area contributed by atoms with Gasteiger partial charge in [-0.2, -0.15) is 11.3 Å². The average molecular weight is 395 g/mol. The van der Waals surface area contributed by atoms with Crippen LogP contribution < -0.4 is 4.72 Å². The Morgan fingerprint density at radius 3 is 2.75 bits per heavy atom. The fourth-order valence-electron chi connectivity index (χ4n) is 1.78. The Morgan fingerprint density at radius 2 is 2.15 bits per heavy atom. The molecule has 1 aromatic heterocycles. The lowest BCUT2D eigenvalue weighted by molar-refractivity contribution is 0.560. The Bertz CT molecular complexity index is 686. The summed E-state index contributed by atoms with van der Waals surface area (Å²) in [6.45, 7) is 1.85. The minimum absolute atomic E-state index is 0.177. The van der Waals surface area contributed by atoms with Gasteiger partial charge in [-0.1, -0.05) is 11.6 Å². The van der Waals surface area contributed by atoms with E-state index in [-0.39, 0.29) is 10.9 Å². The summed E-state index contributed by atoms with van der Waals surface area (Å²) in [6, 6.07) is 6.37. The number of thiophene rings is 1. The van der Waals surface area contributed by atoms with E-state index in [0.29, 0.717) is 15.9 Å². The third kappa shape index (κ3) is 4.05. The van der Waals surface area contributed by atoms with Crippen LogP contribution in [0, 0.1) is 0 Å². The zero-order chi connectivity index (χ0) is 14.8. The number of nitrogens with one attached hydrogen (secondary N) is 1. The first-order valence-electron chi connectivity index (χ1n) is 5.87. The maximum absolute atomic E-state index is 12.3. The molecule has 7 heteroatoms. The molecule has 1 atom stereocenters. The predicted molar refractivity (Wildman–Crippen MR) is 87.0 cm³/mol. The van der Waals surface area contributed by atoms with Crippen molar-refractivity contribution in [3.8, 4) is 0 Å². The van der Waals surface area contributed by atoms with E-state index in [9.17, 15) is 8.42 Å². The summed E-state index contributed by atoms with van der Waals surface area (Å²) in [5, 5.41) is 4.48. The lowest BCUT2D eigenvalue weighted by Gasteiger charge is -2.14. The zero-order valence-corrected chi connectivity index (χ0v) is 14.6. The second kappa shape index (κ2) is 6.58. The van der Waals surface area contributed by atoms with E-state index in [1.165, 1.54) is 12.1 Å². The Hall–Kier alpha value is -0.400. The Balaban J connectivity index is 2.12. The highest BCUT2D eigenvalue weighted by Crippen LogP contribution is 2.25. The predicted octanol–water partition coefficient (Wildman–Crippen LogP) is 4.07. The van der Waals surface area contributed by atoms with Crippen molar-refractivity contribution in [2.24, 2.45) is 0 Å². The van der Waals surface area contributed by atoms with Gasteiger partial charge in [0.15, 0.2) is 0 Å². The van der Waals surface area contributed by atoms with E-state index in [0.717, 1.165) is 5.56 Å². The molecule has 1 aromatic carbocycles. The van der Waals surface area contributed by atoms with Crippen LogP contribution in [0.15, 0.2) is 44.4 Å². The van der Waals surface area contributed by atoms with Crippen molar-refractivity contribution in [2.75, 3.05) is 0 Å². The number of hydrogen-bond donors (Lipinski definition) is 1. The molecule has 0 bridgehead atoms. The first kappa shape index (κ1) is 16.0. The van der Waals surface area contributed by atoms with Gasteiger partial charge in [0.25, 0.3) is 0 Å². The zero-order valence-electron chi connectivity index (χ0n) is 10.6. The van der Waals surface area contributed by atoms with Gasteiger partial charge in [-0.3, -0.25) is 0 Å².